The minimum Gasteiger partial charge on any atom is -0.352 e. The van der Waals surface area contributed by atoms with E-state index in [0.717, 1.165) is 6.54 Å². The summed E-state index contributed by atoms with van der Waals surface area (Å²) in [6.07, 6.45) is 4.36. The number of halogens is 1. The maximum Gasteiger partial charge on any atom is 0.221 e. The average molecular weight is 233 g/mol. The van der Waals surface area contributed by atoms with Crippen molar-refractivity contribution in [2.75, 3.05) is 25.5 Å². The molecule has 0 spiro atoms. The Bertz CT molecular complexity index is 193. The molecule has 0 aromatic rings. The number of hydrogen-bond acceptors (Lipinski definition) is 2. The van der Waals surface area contributed by atoms with Gasteiger partial charge in [0, 0.05) is 24.9 Å². The summed E-state index contributed by atoms with van der Waals surface area (Å²) in [6, 6.07) is 0.235. The van der Waals surface area contributed by atoms with E-state index >= 15 is 0 Å². The van der Waals surface area contributed by atoms with E-state index < -0.39 is 0 Å². The molecule has 1 amide bonds. The number of nitrogens with one attached hydrogen (secondary N) is 1. The van der Waals surface area contributed by atoms with Gasteiger partial charge in [-0.15, -0.1) is 11.6 Å². The van der Waals surface area contributed by atoms with Crippen molar-refractivity contribution in [3.63, 3.8) is 0 Å². The van der Waals surface area contributed by atoms with Crippen LogP contribution in [-0.2, 0) is 4.79 Å². The van der Waals surface area contributed by atoms with Crippen molar-refractivity contribution in [1.29, 1.82) is 0 Å². The molecule has 0 aliphatic carbocycles. The number of likely N-dealkylation sites (tertiary alicyclic amines) is 1. The second-order valence-electron chi connectivity index (χ2n) is 4.27. The zero-order chi connectivity index (χ0) is 11.1. The molecule has 1 heterocycles. The fourth-order valence-electron chi connectivity index (χ4n) is 2.01. The fraction of sp³-hybridized carbons (Fsp3) is 0.909. The molecule has 1 atom stereocenters. The summed E-state index contributed by atoms with van der Waals surface area (Å²) >= 11 is 5.50. The van der Waals surface area contributed by atoms with Crippen LogP contribution in [0.2, 0.25) is 0 Å². The Morgan fingerprint density at radius 3 is 2.67 bits per heavy atom. The molecule has 0 aromatic heterocycles. The predicted octanol–water partition coefficient (Wildman–Crippen LogP) is 1.61. The summed E-state index contributed by atoms with van der Waals surface area (Å²) in [7, 11) is 0. The lowest BCUT2D eigenvalue weighted by molar-refractivity contribution is -0.121. The van der Waals surface area contributed by atoms with E-state index in [-0.39, 0.29) is 11.9 Å². The van der Waals surface area contributed by atoms with E-state index in [1.165, 1.54) is 32.4 Å². The Balaban J connectivity index is 2.16. The van der Waals surface area contributed by atoms with Gasteiger partial charge in [-0.2, -0.15) is 0 Å². The summed E-state index contributed by atoms with van der Waals surface area (Å²) in [5.74, 6) is 0.469. The van der Waals surface area contributed by atoms with Crippen LogP contribution in [0.3, 0.4) is 0 Å². The molecule has 15 heavy (non-hydrogen) atoms. The Morgan fingerprint density at radius 1 is 1.40 bits per heavy atom. The first-order valence-corrected chi connectivity index (χ1v) is 6.33. The Kier molecular flexibility index (Phi) is 6.03. The highest BCUT2D eigenvalue weighted by molar-refractivity contribution is 6.18. The van der Waals surface area contributed by atoms with Crippen molar-refractivity contribution < 1.29 is 4.79 Å². The lowest BCUT2D eigenvalue weighted by Crippen LogP contribution is -2.43. The largest absolute Gasteiger partial charge is 0.352 e. The molecular formula is C11H21ClN2O. The van der Waals surface area contributed by atoms with Gasteiger partial charge in [0.2, 0.25) is 5.91 Å². The average Bonchev–Trinajstić information content (AvgIpc) is 2.19. The van der Waals surface area contributed by atoms with Gasteiger partial charge in [0.25, 0.3) is 0 Å². The number of rotatable bonds is 5. The van der Waals surface area contributed by atoms with Gasteiger partial charge in [-0.25, -0.2) is 0 Å². The third kappa shape index (κ3) is 5.38. The predicted molar refractivity (Wildman–Crippen MR) is 63.2 cm³/mol. The minimum atomic E-state index is 0.0644. The smallest absolute Gasteiger partial charge is 0.221 e. The van der Waals surface area contributed by atoms with Crippen molar-refractivity contribution in [2.45, 2.75) is 38.6 Å². The van der Waals surface area contributed by atoms with Gasteiger partial charge in [-0.3, -0.25) is 4.79 Å². The number of carbonyl (C=O) groups excluding carboxylic acids is 1. The topological polar surface area (TPSA) is 32.3 Å². The molecule has 0 saturated carbocycles. The Labute approximate surface area is 97.2 Å². The van der Waals surface area contributed by atoms with Crippen molar-refractivity contribution in [1.82, 2.24) is 10.2 Å². The molecule has 1 N–H and O–H groups in total. The van der Waals surface area contributed by atoms with E-state index in [0.29, 0.717) is 12.3 Å². The molecule has 1 aliphatic heterocycles. The highest BCUT2D eigenvalue weighted by atomic mass is 35.5. The second kappa shape index (κ2) is 7.07. The molecule has 3 nitrogen and oxygen atoms in total. The first-order valence-electron chi connectivity index (χ1n) is 5.80. The van der Waals surface area contributed by atoms with Crippen LogP contribution in [0.5, 0.6) is 0 Å². The maximum atomic E-state index is 11.3. The molecule has 1 fully saturated rings. The monoisotopic (exact) mass is 232 g/mol. The Morgan fingerprint density at radius 2 is 2.07 bits per heavy atom. The number of nitrogens with zero attached hydrogens (tertiary/aromatic N) is 1. The molecular weight excluding hydrogens is 212 g/mol. The van der Waals surface area contributed by atoms with Crippen LogP contribution in [0.4, 0.5) is 0 Å². The number of amides is 1. The highest BCUT2D eigenvalue weighted by Gasteiger charge is 2.14. The molecule has 88 valence electrons. The zero-order valence-corrected chi connectivity index (χ0v) is 10.2. The Hall–Kier alpha value is -0.280. The lowest BCUT2D eigenvalue weighted by atomic mass is 10.1. The van der Waals surface area contributed by atoms with Crippen LogP contribution in [0, 0.1) is 0 Å². The van der Waals surface area contributed by atoms with Crippen LogP contribution in [0.1, 0.15) is 32.6 Å². The van der Waals surface area contributed by atoms with Crippen LogP contribution < -0.4 is 5.32 Å². The van der Waals surface area contributed by atoms with Gasteiger partial charge < -0.3 is 10.2 Å². The van der Waals surface area contributed by atoms with Gasteiger partial charge in [0.1, 0.15) is 0 Å². The molecule has 1 unspecified atom stereocenters. The van der Waals surface area contributed by atoms with Gasteiger partial charge in [-0.1, -0.05) is 6.42 Å². The standard InChI is InChI=1S/C11H21ClN2O/c1-10(13-11(15)5-6-12)9-14-7-3-2-4-8-14/h10H,2-9H2,1H3,(H,13,15). The normalized spacial score (nSPS) is 19.9. The third-order valence-electron chi connectivity index (χ3n) is 2.71. The molecule has 1 aliphatic rings. The van der Waals surface area contributed by atoms with Crippen LogP contribution in [-0.4, -0.2) is 42.4 Å². The van der Waals surface area contributed by atoms with E-state index in [2.05, 4.69) is 17.1 Å². The van der Waals surface area contributed by atoms with Gasteiger partial charge >= 0.3 is 0 Å². The number of alkyl halides is 1. The summed E-state index contributed by atoms with van der Waals surface area (Å²) in [5, 5.41) is 2.96. The van der Waals surface area contributed by atoms with Crippen molar-refractivity contribution in [2.24, 2.45) is 0 Å². The maximum absolute atomic E-state index is 11.3. The summed E-state index contributed by atoms with van der Waals surface area (Å²) in [5.41, 5.74) is 0. The first kappa shape index (κ1) is 12.8. The van der Waals surface area contributed by atoms with Crippen molar-refractivity contribution in [3.05, 3.63) is 0 Å². The molecule has 0 bridgehead atoms. The quantitative estimate of drug-likeness (QED) is 0.731. The molecule has 4 heteroatoms. The minimum absolute atomic E-state index is 0.0644. The van der Waals surface area contributed by atoms with Crippen molar-refractivity contribution >= 4 is 17.5 Å². The first-order chi connectivity index (χ1) is 7.22. The van der Waals surface area contributed by atoms with Gasteiger partial charge in [0.15, 0.2) is 0 Å². The van der Waals surface area contributed by atoms with Crippen LogP contribution >= 0.6 is 11.6 Å². The van der Waals surface area contributed by atoms with Crippen LogP contribution in [0.15, 0.2) is 0 Å². The SMILES string of the molecule is CC(CN1CCCCC1)NC(=O)CCCl. The zero-order valence-electron chi connectivity index (χ0n) is 9.47. The number of carbonyl (C=O) groups is 1. The number of piperidine rings is 1. The molecule has 0 radical (unpaired) electrons. The van der Waals surface area contributed by atoms with E-state index in [4.69, 9.17) is 11.6 Å². The summed E-state index contributed by atoms with van der Waals surface area (Å²) in [4.78, 5) is 13.7. The summed E-state index contributed by atoms with van der Waals surface area (Å²) in [6.45, 7) is 5.38. The molecule has 1 saturated heterocycles. The van der Waals surface area contributed by atoms with Crippen molar-refractivity contribution in [3.8, 4) is 0 Å². The van der Waals surface area contributed by atoms with E-state index in [1.54, 1.807) is 0 Å². The third-order valence-corrected chi connectivity index (χ3v) is 2.90. The van der Waals surface area contributed by atoms with Gasteiger partial charge in [0.05, 0.1) is 0 Å². The van der Waals surface area contributed by atoms with E-state index in [1.807, 2.05) is 0 Å². The number of hydrogen-bond donors (Lipinski definition) is 1. The van der Waals surface area contributed by atoms with E-state index in [9.17, 15) is 4.79 Å². The van der Waals surface area contributed by atoms with Gasteiger partial charge in [-0.05, 0) is 32.9 Å². The molecule has 1 rings (SSSR count). The summed E-state index contributed by atoms with van der Waals surface area (Å²) < 4.78 is 0. The molecule has 0 aromatic carbocycles. The highest BCUT2D eigenvalue weighted by Crippen LogP contribution is 2.08. The van der Waals surface area contributed by atoms with Crippen LogP contribution in [0.25, 0.3) is 0 Å². The lowest BCUT2D eigenvalue weighted by Gasteiger charge is -2.29. The fourth-order valence-corrected chi connectivity index (χ4v) is 2.18. The second-order valence-corrected chi connectivity index (χ2v) is 4.65.